The van der Waals surface area contributed by atoms with Gasteiger partial charge >= 0.3 is 0 Å². The van der Waals surface area contributed by atoms with Crippen LogP contribution in [0.15, 0.2) is 23.1 Å². The molecule has 0 aliphatic carbocycles. The number of hydrogen-bond acceptors (Lipinski definition) is 4. The van der Waals surface area contributed by atoms with E-state index in [-0.39, 0.29) is 18.0 Å². The molecule has 0 aliphatic heterocycles. The molecule has 7 nitrogen and oxygen atoms in total. The van der Waals surface area contributed by atoms with E-state index in [0.717, 1.165) is 5.69 Å². The zero-order chi connectivity index (χ0) is 14.0. The van der Waals surface area contributed by atoms with E-state index >= 15 is 0 Å². The SMILES string of the molecule is Cc1n[nH]c(C)c1NC(=O)Cn1cc(N)ccc1=O. The lowest BCUT2D eigenvalue weighted by Crippen LogP contribution is -2.27. The molecule has 0 spiro atoms. The number of aromatic amines is 1. The van der Waals surface area contributed by atoms with Crippen LogP contribution in [0.3, 0.4) is 0 Å². The van der Waals surface area contributed by atoms with Crippen LogP contribution in [0.5, 0.6) is 0 Å². The predicted octanol–water partition coefficient (Wildman–Crippen LogP) is 0.409. The maximum atomic E-state index is 11.9. The molecular weight excluding hydrogens is 246 g/mol. The lowest BCUT2D eigenvalue weighted by atomic mass is 10.3. The van der Waals surface area contributed by atoms with Gasteiger partial charge < -0.3 is 15.6 Å². The molecule has 0 aliphatic rings. The minimum absolute atomic E-state index is 0.0894. The molecule has 4 N–H and O–H groups in total. The average Bonchev–Trinajstić information content (AvgIpc) is 2.65. The predicted molar refractivity (Wildman–Crippen MR) is 71.8 cm³/mol. The number of anilines is 2. The minimum atomic E-state index is -0.305. The maximum absolute atomic E-state index is 11.9. The Labute approximate surface area is 109 Å². The molecule has 19 heavy (non-hydrogen) atoms. The van der Waals surface area contributed by atoms with Gasteiger partial charge in [-0.1, -0.05) is 0 Å². The van der Waals surface area contributed by atoms with Gasteiger partial charge in [-0.25, -0.2) is 0 Å². The first-order valence-corrected chi connectivity index (χ1v) is 5.75. The lowest BCUT2D eigenvalue weighted by molar-refractivity contribution is -0.116. The van der Waals surface area contributed by atoms with Crippen LogP contribution < -0.4 is 16.6 Å². The van der Waals surface area contributed by atoms with Crippen molar-refractivity contribution < 1.29 is 4.79 Å². The maximum Gasteiger partial charge on any atom is 0.251 e. The van der Waals surface area contributed by atoms with E-state index < -0.39 is 0 Å². The zero-order valence-electron chi connectivity index (χ0n) is 10.7. The fourth-order valence-electron chi connectivity index (χ4n) is 1.74. The first-order chi connectivity index (χ1) is 8.97. The van der Waals surface area contributed by atoms with Gasteiger partial charge in [0.05, 0.1) is 17.1 Å². The van der Waals surface area contributed by atoms with Crippen LogP contribution in [0.1, 0.15) is 11.4 Å². The Morgan fingerprint density at radius 1 is 1.47 bits per heavy atom. The van der Waals surface area contributed by atoms with E-state index in [1.807, 2.05) is 6.92 Å². The fraction of sp³-hybridized carbons (Fsp3) is 0.250. The van der Waals surface area contributed by atoms with Crippen molar-refractivity contribution in [3.8, 4) is 0 Å². The summed E-state index contributed by atoms with van der Waals surface area (Å²) in [6.45, 7) is 3.50. The number of hydrogen-bond donors (Lipinski definition) is 3. The van der Waals surface area contributed by atoms with Crippen molar-refractivity contribution in [2.45, 2.75) is 20.4 Å². The number of nitrogen functional groups attached to an aromatic ring is 1. The Hall–Kier alpha value is -2.57. The largest absolute Gasteiger partial charge is 0.398 e. The van der Waals surface area contributed by atoms with E-state index in [9.17, 15) is 9.59 Å². The third-order valence-electron chi connectivity index (χ3n) is 2.71. The molecule has 0 aromatic carbocycles. The summed E-state index contributed by atoms with van der Waals surface area (Å²) < 4.78 is 1.26. The van der Waals surface area contributed by atoms with E-state index in [1.54, 1.807) is 6.92 Å². The monoisotopic (exact) mass is 261 g/mol. The molecule has 0 fully saturated rings. The zero-order valence-corrected chi connectivity index (χ0v) is 10.7. The number of aromatic nitrogens is 3. The van der Waals surface area contributed by atoms with Gasteiger partial charge in [-0.15, -0.1) is 0 Å². The molecule has 7 heteroatoms. The Bertz CT molecular complexity index is 651. The van der Waals surface area contributed by atoms with E-state index in [1.165, 1.54) is 22.9 Å². The summed E-state index contributed by atoms with van der Waals surface area (Å²) in [7, 11) is 0. The highest BCUT2D eigenvalue weighted by atomic mass is 16.2. The highest BCUT2D eigenvalue weighted by Crippen LogP contribution is 2.15. The van der Waals surface area contributed by atoms with E-state index in [0.29, 0.717) is 17.1 Å². The second-order valence-electron chi connectivity index (χ2n) is 4.29. The molecule has 2 aromatic rings. The Morgan fingerprint density at radius 3 is 2.84 bits per heavy atom. The third kappa shape index (κ3) is 2.82. The van der Waals surface area contributed by atoms with Crippen LogP contribution in [0, 0.1) is 13.8 Å². The van der Waals surface area contributed by atoms with Crippen molar-refractivity contribution in [2.75, 3.05) is 11.1 Å². The van der Waals surface area contributed by atoms with Crippen LogP contribution in [0.2, 0.25) is 0 Å². The van der Waals surface area contributed by atoms with Crippen molar-refractivity contribution >= 4 is 17.3 Å². The Morgan fingerprint density at radius 2 is 2.21 bits per heavy atom. The first-order valence-electron chi connectivity index (χ1n) is 5.75. The summed E-state index contributed by atoms with van der Waals surface area (Å²) in [5.74, 6) is -0.305. The second kappa shape index (κ2) is 4.97. The van der Waals surface area contributed by atoms with Gasteiger partial charge in [-0.3, -0.25) is 14.7 Å². The van der Waals surface area contributed by atoms with Crippen molar-refractivity contribution in [2.24, 2.45) is 0 Å². The van der Waals surface area contributed by atoms with Gasteiger partial charge in [0.1, 0.15) is 6.54 Å². The summed E-state index contributed by atoms with van der Waals surface area (Å²) in [4.78, 5) is 23.4. The highest BCUT2D eigenvalue weighted by molar-refractivity contribution is 5.91. The Balaban J connectivity index is 2.14. The number of carbonyl (C=O) groups is 1. The summed E-state index contributed by atoms with van der Waals surface area (Å²) >= 11 is 0. The number of carbonyl (C=O) groups excluding carboxylic acids is 1. The van der Waals surface area contributed by atoms with Crippen LogP contribution in [0.25, 0.3) is 0 Å². The summed E-state index contributed by atoms with van der Waals surface area (Å²) in [6.07, 6.45) is 1.44. The molecule has 2 aromatic heterocycles. The van der Waals surface area contributed by atoms with Crippen LogP contribution >= 0.6 is 0 Å². The molecule has 0 saturated heterocycles. The number of amides is 1. The van der Waals surface area contributed by atoms with Gasteiger partial charge in [-0.2, -0.15) is 5.10 Å². The van der Waals surface area contributed by atoms with Crippen LogP contribution in [0.4, 0.5) is 11.4 Å². The fourth-order valence-corrected chi connectivity index (χ4v) is 1.74. The Kier molecular flexibility index (Phi) is 3.37. The number of rotatable bonds is 3. The summed E-state index contributed by atoms with van der Waals surface area (Å²) in [5, 5.41) is 9.47. The molecular formula is C12H15N5O2. The highest BCUT2D eigenvalue weighted by Gasteiger charge is 2.11. The van der Waals surface area contributed by atoms with Gasteiger partial charge in [-0.05, 0) is 19.9 Å². The van der Waals surface area contributed by atoms with E-state index in [2.05, 4.69) is 15.5 Å². The van der Waals surface area contributed by atoms with Gasteiger partial charge in [0.2, 0.25) is 5.91 Å². The minimum Gasteiger partial charge on any atom is -0.398 e. The van der Waals surface area contributed by atoms with E-state index in [4.69, 9.17) is 5.73 Å². The number of nitrogens with two attached hydrogens (primary N) is 1. The van der Waals surface area contributed by atoms with Crippen molar-refractivity contribution in [1.29, 1.82) is 0 Å². The number of nitrogens with zero attached hydrogens (tertiary/aromatic N) is 2. The van der Waals surface area contributed by atoms with Crippen LogP contribution in [-0.2, 0) is 11.3 Å². The first kappa shape index (κ1) is 12.9. The molecule has 0 unspecified atom stereocenters. The van der Waals surface area contributed by atoms with Gasteiger partial charge in [0, 0.05) is 18.0 Å². The molecule has 0 bridgehead atoms. The van der Waals surface area contributed by atoms with Crippen molar-refractivity contribution in [3.63, 3.8) is 0 Å². The number of nitrogens with one attached hydrogen (secondary N) is 2. The van der Waals surface area contributed by atoms with Gasteiger partial charge in [0.25, 0.3) is 5.56 Å². The molecule has 2 heterocycles. The molecule has 1 amide bonds. The number of H-pyrrole nitrogens is 1. The number of pyridine rings is 1. The molecule has 0 radical (unpaired) electrons. The standard InChI is InChI=1S/C12H15N5O2/c1-7-12(8(2)16-15-7)14-10(18)6-17-5-9(13)3-4-11(17)19/h3-5H,6,13H2,1-2H3,(H,14,18)(H,15,16). The molecule has 0 saturated carbocycles. The second-order valence-corrected chi connectivity index (χ2v) is 4.29. The van der Waals surface area contributed by atoms with Crippen LogP contribution in [-0.4, -0.2) is 20.7 Å². The quantitative estimate of drug-likeness (QED) is 0.744. The van der Waals surface area contributed by atoms with Gasteiger partial charge in [0.15, 0.2) is 0 Å². The summed E-state index contributed by atoms with van der Waals surface area (Å²) in [6, 6.07) is 2.83. The van der Waals surface area contributed by atoms with Crippen molar-refractivity contribution in [3.05, 3.63) is 40.1 Å². The lowest BCUT2D eigenvalue weighted by Gasteiger charge is -2.08. The van der Waals surface area contributed by atoms with Crippen molar-refractivity contribution in [1.82, 2.24) is 14.8 Å². The molecule has 100 valence electrons. The smallest absolute Gasteiger partial charge is 0.251 e. The number of aryl methyl sites for hydroxylation is 2. The molecule has 0 atom stereocenters. The summed E-state index contributed by atoms with van der Waals surface area (Å²) in [5.41, 5.74) is 7.85. The average molecular weight is 261 g/mol. The third-order valence-corrected chi connectivity index (χ3v) is 2.71. The normalized spacial score (nSPS) is 10.4. The molecule has 2 rings (SSSR count). The topological polar surface area (TPSA) is 106 Å².